The predicted molar refractivity (Wildman–Crippen MR) is 85.2 cm³/mol. The van der Waals surface area contributed by atoms with Crippen molar-refractivity contribution in [3.05, 3.63) is 59.7 Å². The monoisotopic (exact) mass is 292 g/mol. The van der Waals surface area contributed by atoms with Gasteiger partial charge in [-0.2, -0.15) is 0 Å². The van der Waals surface area contributed by atoms with Crippen LogP contribution in [0.25, 0.3) is 0 Å². The highest BCUT2D eigenvalue weighted by molar-refractivity contribution is 6.20. The molecule has 0 saturated carbocycles. The second kappa shape index (κ2) is 4.70. The molecule has 0 unspecified atom stereocenters. The number of hydrogen-bond donors (Lipinski definition) is 0. The molecule has 0 aromatic heterocycles. The van der Waals surface area contributed by atoms with Gasteiger partial charge in [-0.05, 0) is 30.7 Å². The van der Waals surface area contributed by atoms with Crippen molar-refractivity contribution in [2.45, 2.75) is 19.4 Å². The summed E-state index contributed by atoms with van der Waals surface area (Å²) in [5, 5.41) is 0. The summed E-state index contributed by atoms with van der Waals surface area (Å²) in [6.07, 6.45) is 0.589. The Balaban J connectivity index is 1.94. The van der Waals surface area contributed by atoms with Crippen LogP contribution >= 0.6 is 0 Å². The number of hydrogen-bond acceptors (Lipinski definition) is 2. The lowest BCUT2D eigenvalue weighted by Gasteiger charge is -2.25. The van der Waals surface area contributed by atoms with Crippen molar-refractivity contribution < 1.29 is 9.59 Å². The van der Waals surface area contributed by atoms with Crippen molar-refractivity contribution >= 4 is 23.2 Å². The molecule has 4 nitrogen and oxygen atoms in total. The van der Waals surface area contributed by atoms with Crippen LogP contribution in [0.5, 0.6) is 0 Å². The number of para-hydroxylation sites is 2. The molecule has 2 heterocycles. The van der Waals surface area contributed by atoms with E-state index in [1.54, 1.807) is 15.9 Å². The average molecular weight is 292 g/mol. The van der Waals surface area contributed by atoms with Gasteiger partial charge in [-0.15, -0.1) is 0 Å². The lowest BCUT2D eigenvalue weighted by atomic mass is 10.1. The highest BCUT2D eigenvalue weighted by atomic mass is 16.2. The second-order valence-electron chi connectivity index (χ2n) is 5.62. The zero-order valence-electron chi connectivity index (χ0n) is 12.3. The maximum absolute atomic E-state index is 13.0. The summed E-state index contributed by atoms with van der Waals surface area (Å²) in [6.45, 7) is 2.50. The third-order valence-electron chi connectivity index (χ3n) is 4.49. The number of carbonyl (C=O) groups is 2. The van der Waals surface area contributed by atoms with Gasteiger partial charge in [0.2, 0.25) is 0 Å². The Labute approximate surface area is 129 Å². The maximum atomic E-state index is 13.0. The van der Waals surface area contributed by atoms with Gasteiger partial charge in [-0.1, -0.05) is 30.3 Å². The number of fused-ring (bicyclic) bond motifs is 4. The zero-order valence-corrected chi connectivity index (χ0v) is 12.3. The summed E-state index contributed by atoms with van der Waals surface area (Å²) in [6, 6.07) is 14.7. The van der Waals surface area contributed by atoms with Crippen LogP contribution in [0.15, 0.2) is 48.5 Å². The van der Waals surface area contributed by atoms with Gasteiger partial charge in [0.05, 0.1) is 11.3 Å². The van der Waals surface area contributed by atoms with Crippen molar-refractivity contribution in [2.24, 2.45) is 0 Å². The molecular formula is C18H16N2O2. The van der Waals surface area contributed by atoms with Crippen molar-refractivity contribution in [3.63, 3.8) is 0 Å². The first-order chi connectivity index (χ1) is 10.7. The number of likely N-dealkylation sites (N-methyl/N-ethyl adjacent to an activating group) is 1. The molecule has 0 spiro atoms. The Bertz CT molecular complexity index is 784. The maximum Gasteiger partial charge on any atom is 0.261 e. The Hall–Kier alpha value is -2.62. The molecule has 22 heavy (non-hydrogen) atoms. The van der Waals surface area contributed by atoms with E-state index in [9.17, 15) is 9.59 Å². The summed E-state index contributed by atoms with van der Waals surface area (Å²) in [7, 11) is 0. The van der Waals surface area contributed by atoms with Crippen LogP contribution < -0.4 is 9.80 Å². The normalized spacial score (nSPS) is 19.6. The fraction of sp³-hybridized carbons (Fsp3) is 0.222. The van der Waals surface area contributed by atoms with Gasteiger partial charge >= 0.3 is 0 Å². The summed E-state index contributed by atoms with van der Waals surface area (Å²) in [4.78, 5) is 29.4. The Morgan fingerprint density at radius 3 is 2.45 bits per heavy atom. The number of rotatable bonds is 1. The summed E-state index contributed by atoms with van der Waals surface area (Å²) < 4.78 is 0. The van der Waals surface area contributed by atoms with Gasteiger partial charge in [0.25, 0.3) is 11.8 Å². The highest BCUT2D eigenvalue weighted by Gasteiger charge is 2.44. The minimum atomic E-state index is -0.433. The molecule has 110 valence electrons. The number of benzene rings is 2. The standard InChI is InChI=1S/C18H16N2O2/c1-2-19-15-10-6-4-8-13(15)17(21)20-14-9-5-3-7-12(14)11-16(20)18(19)22/h3-10,16H,2,11H2,1H3/t16-/m0/s1. The SMILES string of the molecule is CCN1C(=O)[C@@H]2Cc3ccccc3N2C(=O)c2ccccc21. The largest absolute Gasteiger partial charge is 0.310 e. The van der Waals surface area contributed by atoms with Gasteiger partial charge in [0.1, 0.15) is 6.04 Å². The van der Waals surface area contributed by atoms with E-state index in [1.165, 1.54) is 0 Å². The first-order valence-electron chi connectivity index (χ1n) is 7.54. The molecule has 2 amide bonds. The lowest BCUT2D eigenvalue weighted by Crippen LogP contribution is -2.46. The molecule has 0 fully saturated rings. The summed E-state index contributed by atoms with van der Waals surface area (Å²) >= 11 is 0. The first kappa shape index (κ1) is 13.1. The van der Waals surface area contributed by atoms with Gasteiger partial charge in [0, 0.05) is 18.7 Å². The van der Waals surface area contributed by atoms with Gasteiger partial charge in [-0.3, -0.25) is 14.5 Å². The van der Waals surface area contributed by atoms with E-state index in [-0.39, 0.29) is 11.8 Å². The lowest BCUT2D eigenvalue weighted by molar-refractivity contribution is -0.119. The molecule has 0 radical (unpaired) electrons. The third-order valence-corrected chi connectivity index (χ3v) is 4.49. The second-order valence-corrected chi connectivity index (χ2v) is 5.62. The molecule has 2 aliphatic rings. The van der Waals surface area contributed by atoms with Crippen molar-refractivity contribution in [1.82, 2.24) is 0 Å². The Morgan fingerprint density at radius 2 is 1.68 bits per heavy atom. The molecule has 4 heteroatoms. The third kappa shape index (κ3) is 1.64. The smallest absolute Gasteiger partial charge is 0.261 e. The Morgan fingerprint density at radius 1 is 1.00 bits per heavy atom. The van der Waals surface area contributed by atoms with Crippen LogP contribution in [0.2, 0.25) is 0 Å². The van der Waals surface area contributed by atoms with Crippen molar-refractivity contribution in [3.8, 4) is 0 Å². The minimum absolute atomic E-state index is 0.00278. The number of amides is 2. The molecule has 4 rings (SSSR count). The van der Waals surface area contributed by atoms with Gasteiger partial charge < -0.3 is 4.90 Å². The molecule has 1 atom stereocenters. The van der Waals surface area contributed by atoms with Crippen LogP contribution in [-0.2, 0) is 11.2 Å². The van der Waals surface area contributed by atoms with E-state index in [0.29, 0.717) is 24.2 Å². The molecule has 0 aliphatic carbocycles. The molecule has 0 N–H and O–H groups in total. The van der Waals surface area contributed by atoms with Crippen LogP contribution in [0.4, 0.5) is 11.4 Å². The molecule has 0 saturated heterocycles. The van der Waals surface area contributed by atoms with Crippen molar-refractivity contribution in [1.29, 1.82) is 0 Å². The zero-order chi connectivity index (χ0) is 15.3. The molecule has 2 aromatic carbocycles. The fourth-order valence-corrected chi connectivity index (χ4v) is 3.48. The van der Waals surface area contributed by atoms with Crippen LogP contribution in [0.1, 0.15) is 22.8 Å². The summed E-state index contributed by atoms with van der Waals surface area (Å²) in [5.41, 5.74) is 3.23. The summed E-state index contributed by atoms with van der Waals surface area (Å²) in [5.74, 6) is -0.0909. The highest BCUT2D eigenvalue weighted by Crippen LogP contribution is 2.38. The predicted octanol–water partition coefficient (Wildman–Crippen LogP) is 2.62. The quantitative estimate of drug-likeness (QED) is 0.810. The van der Waals surface area contributed by atoms with Crippen LogP contribution in [-0.4, -0.2) is 24.4 Å². The average Bonchev–Trinajstić information content (AvgIpc) is 2.91. The number of nitrogens with zero attached hydrogens (tertiary/aromatic N) is 2. The van der Waals surface area contributed by atoms with Gasteiger partial charge in [-0.25, -0.2) is 0 Å². The topological polar surface area (TPSA) is 40.6 Å². The van der Waals surface area contributed by atoms with Crippen molar-refractivity contribution in [2.75, 3.05) is 16.3 Å². The number of anilines is 2. The van der Waals surface area contributed by atoms with Gasteiger partial charge in [0.15, 0.2) is 0 Å². The first-order valence-corrected chi connectivity index (χ1v) is 7.54. The van der Waals surface area contributed by atoms with Crippen LogP contribution in [0.3, 0.4) is 0 Å². The van der Waals surface area contributed by atoms with E-state index in [2.05, 4.69) is 0 Å². The van der Waals surface area contributed by atoms with E-state index in [1.807, 2.05) is 49.4 Å². The fourth-order valence-electron chi connectivity index (χ4n) is 3.48. The molecule has 0 bridgehead atoms. The van der Waals surface area contributed by atoms with E-state index in [0.717, 1.165) is 11.3 Å². The Kier molecular flexibility index (Phi) is 2.79. The van der Waals surface area contributed by atoms with E-state index >= 15 is 0 Å². The molecule has 2 aliphatic heterocycles. The minimum Gasteiger partial charge on any atom is -0.310 e. The van der Waals surface area contributed by atoms with Crippen LogP contribution in [0, 0.1) is 0 Å². The molecule has 2 aromatic rings. The van der Waals surface area contributed by atoms with E-state index < -0.39 is 6.04 Å². The van der Waals surface area contributed by atoms with E-state index in [4.69, 9.17) is 0 Å². The molecular weight excluding hydrogens is 276 g/mol. The number of carbonyl (C=O) groups excluding carboxylic acids is 2.